The number of nitrogens with zero attached hydrogens (tertiary/aromatic N) is 1. The molecule has 0 aliphatic rings. The zero-order chi connectivity index (χ0) is 16.9. The van der Waals surface area contributed by atoms with Gasteiger partial charge in [0.05, 0.1) is 19.4 Å². The standard InChI is InChI=1S/C18H21N3O3/c1-12-6-7-17(24-12)18-14(10-20-21-18)9-19-11-16(22)13-4-3-5-15(8-13)23-2/h3-8,10,16,19,22H,9,11H2,1-2H3,(H,20,21). The number of hydrogen-bond acceptors (Lipinski definition) is 5. The lowest BCUT2D eigenvalue weighted by Gasteiger charge is -2.13. The van der Waals surface area contributed by atoms with Gasteiger partial charge in [-0.2, -0.15) is 5.10 Å². The third kappa shape index (κ3) is 3.67. The van der Waals surface area contributed by atoms with Crippen molar-refractivity contribution in [2.75, 3.05) is 13.7 Å². The van der Waals surface area contributed by atoms with Crippen LogP contribution in [-0.2, 0) is 6.54 Å². The number of H-pyrrole nitrogens is 1. The lowest BCUT2D eigenvalue weighted by molar-refractivity contribution is 0.174. The van der Waals surface area contributed by atoms with E-state index in [1.165, 1.54) is 0 Å². The molecule has 0 bridgehead atoms. The van der Waals surface area contributed by atoms with Crippen LogP contribution in [0.25, 0.3) is 11.5 Å². The normalized spacial score (nSPS) is 12.3. The number of aromatic amines is 1. The van der Waals surface area contributed by atoms with Crippen molar-refractivity contribution in [2.24, 2.45) is 0 Å². The maximum absolute atomic E-state index is 10.3. The van der Waals surface area contributed by atoms with Gasteiger partial charge in [0.1, 0.15) is 17.2 Å². The third-order valence-electron chi connectivity index (χ3n) is 3.84. The highest BCUT2D eigenvalue weighted by Gasteiger charge is 2.12. The zero-order valence-electron chi connectivity index (χ0n) is 13.7. The van der Waals surface area contributed by atoms with Gasteiger partial charge in [0, 0.05) is 18.7 Å². The second-order valence-electron chi connectivity index (χ2n) is 5.60. The monoisotopic (exact) mass is 327 g/mol. The quantitative estimate of drug-likeness (QED) is 0.621. The predicted octanol–water partition coefficient (Wildman–Crippen LogP) is 2.81. The molecular weight excluding hydrogens is 306 g/mol. The van der Waals surface area contributed by atoms with Crippen LogP contribution in [0.2, 0.25) is 0 Å². The summed E-state index contributed by atoms with van der Waals surface area (Å²) in [5, 5.41) is 20.6. The molecule has 126 valence electrons. The number of aryl methyl sites for hydroxylation is 1. The number of hydrogen-bond donors (Lipinski definition) is 3. The largest absolute Gasteiger partial charge is 0.497 e. The Morgan fingerprint density at radius 3 is 2.96 bits per heavy atom. The van der Waals surface area contributed by atoms with Crippen LogP contribution in [-0.4, -0.2) is 29.0 Å². The molecule has 2 aromatic heterocycles. The SMILES string of the molecule is COc1cccc(C(O)CNCc2cn[nH]c2-c2ccc(C)o2)c1. The highest BCUT2D eigenvalue weighted by molar-refractivity contribution is 5.56. The van der Waals surface area contributed by atoms with E-state index in [0.29, 0.717) is 13.1 Å². The Kier molecular flexibility index (Phi) is 4.98. The van der Waals surface area contributed by atoms with Crippen LogP contribution in [0.5, 0.6) is 5.75 Å². The van der Waals surface area contributed by atoms with Crippen LogP contribution < -0.4 is 10.1 Å². The topological polar surface area (TPSA) is 83.3 Å². The van der Waals surface area contributed by atoms with Crippen LogP contribution in [0.1, 0.15) is 23.0 Å². The second kappa shape index (κ2) is 7.33. The van der Waals surface area contributed by atoms with Crippen molar-refractivity contribution in [3.8, 4) is 17.2 Å². The first-order valence-electron chi connectivity index (χ1n) is 7.79. The van der Waals surface area contributed by atoms with E-state index in [2.05, 4.69) is 15.5 Å². The second-order valence-corrected chi connectivity index (χ2v) is 5.60. The highest BCUT2D eigenvalue weighted by atomic mass is 16.5. The van der Waals surface area contributed by atoms with Crippen molar-refractivity contribution in [2.45, 2.75) is 19.6 Å². The van der Waals surface area contributed by atoms with Gasteiger partial charge in [-0.25, -0.2) is 0 Å². The zero-order valence-corrected chi connectivity index (χ0v) is 13.7. The summed E-state index contributed by atoms with van der Waals surface area (Å²) in [6.45, 7) is 2.91. The van der Waals surface area contributed by atoms with Gasteiger partial charge in [-0.05, 0) is 36.8 Å². The Balaban J connectivity index is 1.60. The van der Waals surface area contributed by atoms with Gasteiger partial charge in [0.25, 0.3) is 0 Å². The fourth-order valence-electron chi connectivity index (χ4n) is 2.54. The molecule has 3 aromatic rings. The van der Waals surface area contributed by atoms with Crippen molar-refractivity contribution >= 4 is 0 Å². The lowest BCUT2D eigenvalue weighted by atomic mass is 10.1. The predicted molar refractivity (Wildman–Crippen MR) is 90.7 cm³/mol. The molecule has 1 atom stereocenters. The molecule has 0 aliphatic heterocycles. The van der Waals surface area contributed by atoms with E-state index in [0.717, 1.165) is 34.1 Å². The van der Waals surface area contributed by atoms with E-state index >= 15 is 0 Å². The summed E-state index contributed by atoms with van der Waals surface area (Å²) in [4.78, 5) is 0. The van der Waals surface area contributed by atoms with E-state index in [9.17, 15) is 5.11 Å². The molecule has 0 saturated carbocycles. The number of methoxy groups -OCH3 is 1. The van der Waals surface area contributed by atoms with Crippen LogP contribution in [0.15, 0.2) is 47.0 Å². The summed E-state index contributed by atoms with van der Waals surface area (Å²) in [5.74, 6) is 2.35. The third-order valence-corrected chi connectivity index (χ3v) is 3.84. The Hall–Kier alpha value is -2.57. The number of rotatable bonds is 7. The minimum Gasteiger partial charge on any atom is -0.497 e. The smallest absolute Gasteiger partial charge is 0.152 e. The Morgan fingerprint density at radius 2 is 2.21 bits per heavy atom. The molecule has 0 radical (unpaired) electrons. The molecule has 6 heteroatoms. The molecule has 1 unspecified atom stereocenters. The lowest BCUT2D eigenvalue weighted by Crippen LogP contribution is -2.21. The molecule has 0 amide bonds. The molecule has 3 rings (SSSR count). The average molecular weight is 327 g/mol. The minimum absolute atomic E-state index is 0.426. The van der Waals surface area contributed by atoms with Crippen molar-refractivity contribution in [1.29, 1.82) is 0 Å². The molecule has 0 spiro atoms. The van der Waals surface area contributed by atoms with Crippen LogP contribution >= 0.6 is 0 Å². The van der Waals surface area contributed by atoms with Crippen LogP contribution in [0.4, 0.5) is 0 Å². The van der Waals surface area contributed by atoms with Gasteiger partial charge in [-0.15, -0.1) is 0 Å². The summed E-state index contributed by atoms with van der Waals surface area (Å²) in [6, 6.07) is 11.3. The van der Waals surface area contributed by atoms with Gasteiger partial charge in [-0.3, -0.25) is 5.10 Å². The van der Waals surface area contributed by atoms with E-state index < -0.39 is 6.10 Å². The first-order valence-corrected chi connectivity index (χ1v) is 7.79. The molecule has 0 aliphatic carbocycles. The van der Waals surface area contributed by atoms with Crippen LogP contribution in [0.3, 0.4) is 0 Å². The number of aromatic nitrogens is 2. The number of ether oxygens (including phenoxy) is 1. The fourth-order valence-corrected chi connectivity index (χ4v) is 2.54. The Morgan fingerprint density at radius 1 is 1.33 bits per heavy atom. The van der Waals surface area contributed by atoms with Gasteiger partial charge in [0.2, 0.25) is 0 Å². The minimum atomic E-state index is -0.610. The molecule has 6 nitrogen and oxygen atoms in total. The summed E-state index contributed by atoms with van der Waals surface area (Å²) in [6.07, 6.45) is 1.15. The molecule has 0 fully saturated rings. The Bertz CT molecular complexity index is 794. The average Bonchev–Trinajstić information content (AvgIpc) is 3.23. The van der Waals surface area contributed by atoms with E-state index in [-0.39, 0.29) is 0 Å². The van der Waals surface area contributed by atoms with Crippen molar-refractivity contribution in [3.05, 3.63) is 59.5 Å². The Labute approximate surface area is 140 Å². The molecule has 0 saturated heterocycles. The van der Waals surface area contributed by atoms with Gasteiger partial charge in [0.15, 0.2) is 5.76 Å². The fraction of sp³-hybridized carbons (Fsp3) is 0.278. The molecule has 1 aromatic carbocycles. The molecule has 2 heterocycles. The van der Waals surface area contributed by atoms with E-state index in [1.54, 1.807) is 13.3 Å². The van der Waals surface area contributed by atoms with Gasteiger partial charge < -0.3 is 19.6 Å². The number of nitrogens with one attached hydrogen (secondary N) is 2. The number of benzene rings is 1. The summed E-state index contributed by atoms with van der Waals surface area (Å²) in [5.41, 5.74) is 2.66. The molecular formula is C18H21N3O3. The summed E-state index contributed by atoms with van der Waals surface area (Å²) >= 11 is 0. The van der Waals surface area contributed by atoms with Crippen molar-refractivity contribution in [1.82, 2.24) is 15.5 Å². The van der Waals surface area contributed by atoms with E-state index in [1.807, 2.05) is 43.3 Å². The van der Waals surface area contributed by atoms with Gasteiger partial charge in [-0.1, -0.05) is 12.1 Å². The maximum Gasteiger partial charge on any atom is 0.152 e. The van der Waals surface area contributed by atoms with Crippen LogP contribution in [0, 0.1) is 6.92 Å². The number of furan rings is 1. The first kappa shape index (κ1) is 16.3. The highest BCUT2D eigenvalue weighted by Crippen LogP contribution is 2.23. The molecule has 3 N–H and O–H groups in total. The summed E-state index contributed by atoms with van der Waals surface area (Å²) < 4.78 is 10.8. The van der Waals surface area contributed by atoms with Crippen molar-refractivity contribution < 1.29 is 14.3 Å². The maximum atomic E-state index is 10.3. The van der Waals surface area contributed by atoms with Gasteiger partial charge >= 0.3 is 0 Å². The first-order chi connectivity index (χ1) is 11.7. The van der Waals surface area contributed by atoms with E-state index in [4.69, 9.17) is 9.15 Å². The number of aliphatic hydroxyl groups excluding tert-OH is 1. The van der Waals surface area contributed by atoms with Crippen molar-refractivity contribution in [3.63, 3.8) is 0 Å². The number of aliphatic hydroxyl groups is 1. The molecule has 24 heavy (non-hydrogen) atoms. The summed E-state index contributed by atoms with van der Waals surface area (Å²) in [7, 11) is 1.61.